The Labute approximate surface area is 116 Å². The summed E-state index contributed by atoms with van der Waals surface area (Å²) in [5, 5.41) is 10.6. The van der Waals surface area contributed by atoms with E-state index in [9.17, 15) is 5.11 Å². The van der Waals surface area contributed by atoms with Gasteiger partial charge in [-0.15, -0.1) is 0 Å². The number of hydrogen-bond donors (Lipinski definition) is 1. The lowest BCUT2D eigenvalue weighted by Crippen LogP contribution is -2.44. The summed E-state index contributed by atoms with van der Waals surface area (Å²) in [6.07, 6.45) is -0.650. The van der Waals surface area contributed by atoms with Crippen molar-refractivity contribution in [1.29, 1.82) is 0 Å². The van der Waals surface area contributed by atoms with E-state index in [2.05, 4.69) is 44.7 Å². The molecule has 1 aliphatic heterocycles. The summed E-state index contributed by atoms with van der Waals surface area (Å²) in [5.41, 5.74) is 4.65. The highest BCUT2D eigenvalue weighted by Crippen LogP contribution is 2.27. The molecular formula is C16H25NO2. The fourth-order valence-electron chi connectivity index (χ4n) is 2.71. The van der Waals surface area contributed by atoms with E-state index in [1.165, 1.54) is 11.1 Å². The Hall–Kier alpha value is -0.900. The number of ether oxygens (including phenoxy) is 1. The molecule has 3 heteroatoms. The first-order valence-corrected chi connectivity index (χ1v) is 7.12. The van der Waals surface area contributed by atoms with E-state index in [-0.39, 0.29) is 6.10 Å². The van der Waals surface area contributed by atoms with E-state index in [0.717, 1.165) is 30.8 Å². The van der Waals surface area contributed by atoms with Crippen molar-refractivity contribution in [2.45, 2.75) is 39.9 Å². The smallest absolute Gasteiger partial charge is 0.107 e. The fraction of sp³-hybridized carbons (Fsp3) is 0.625. The Morgan fingerprint density at radius 2 is 1.95 bits per heavy atom. The maximum absolute atomic E-state index is 10.6. The van der Waals surface area contributed by atoms with Crippen molar-refractivity contribution >= 4 is 0 Å². The van der Waals surface area contributed by atoms with Crippen LogP contribution in [0.3, 0.4) is 0 Å². The van der Waals surface area contributed by atoms with Crippen molar-refractivity contribution in [1.82, 2.24) is 4.90 Å². The maximum atomic E-state index is 10.6. The first kappa shape index (κ1) is 14.5. The molecule has 2 atom stereocenters. The summed E-state index contributed by atoms with van der Waals surface area (Å²) in [7, 11) is 0. The van der Waals surface area contributed by atoms with Gasteiger partial charge in [0.25, 0.3) is 0 Å². The number of benzene rings is 1. The lowest BCUT2D eigenvalue weighted by atomic mass is 9.94. The van der Waals surface area contributed by atoms with Gasteiger partial charge in [0, 0.05) is 13.1 Å². The SMILES string of the molecule is CCN1CCOC(C(O)c2cc(C)c(C)cc2C)C1. The minimum Gasteiger partial charge on any atom is -0.386 e. The van der Waals surface area contributed by atoms with E-state index >= 15 is 0 Å². The molecule has 0 aromatic heterocycles. The number of likely N-dealkylation sites (N-methyl/N-ethyl adjacent to an activating group) is 1. The largest absolute Gasteiger partial charge is 0.386 e. The molecule has 0 radical (unpaired) electrons. The van der Waals surface area contributed by atoms with Crippen LogP contribution in [-0.2, 0) is 4.74 Å². The molecule has 2 rings (SSSR count). The highest BCUT2D eigenvalue weighted by molar-refractivity contribution is 5.38. The lowest BCUT2D eigenvalue weighted by molar-refractivity contribution is -0.0890. The summed E-state index contributed by atoms with van der Waals surface area (Å²) in [6.45, 7) is 11.9. The topological polar surface area (TPSA) is 32.7 Å². The highest BCUT2D eigenvalue weighted by Gasteiger charge is 2.28. The van der Waals surface area contributed by atoms with Gasteiger partial charge in [-0.1, -0.05) is 19.1 Å². The van der Waals surface area contributed by atoms with Crippen LogP contribution in [0, 0.1) is 20.8 Å². The van der Waals surface area contributed by atoms with Crippen LogP contribution in [0.15, 0.2) is 12.1 Å². The van der Waals surface area contributed by atoms with Crippen LogP contribution in [0.4, 0.5) is 0 Å². The molecule has 1 aliphatic rings. The van der Waals surface area contributed by atoms with E-state index in [0.29, 0.717) is 6.61 Å². The Bertz CT molecular complexity index is 445. The molecule has 3 nitrogen and oxygen atoms in total. The van der Waals surface area contributed by atoms with Crippen LogP contribution in [0.5, 0.6) is 0 Å². The normalized spacial score (nSPS) is 22.5. The quantitative estimate of drug-likeness (QED) is 0.908. The van der Waals surface area contributed by atoms with Crippen LogP contribution in [0.25, 0.3) is 0 Å². The second kappa shape index (κ2) is 6.04. The molecule has 106 valence electrons. The number of nitrogens with zero attached hydrogens (tertiary/aromatic N) is 1. The fourth-order valence-corrected chi connectivity index (χ4v) is 2.71. The molecule has 19 heavy (non-hydrogen) atoms. The van der Waals surface area contributed by atoms with Crippen molar-refractivity contribution < 1.29 is 9.84 Å². The van der Waals surface area contributed by atoms with Gasteiger partial charge in [0.1, 0.15) is 12.2 Å². The van der Waals surface area contributed by atoms with Crippen LogP contribution < -0.4 is 0 Å². The van der Waals surface area contributed by atoms with Gasteiger partial charge in [0.15, 0.2) is 0 Å². The van der Waals surface area contributed by atoms with E-state index in [4.69, 9.17) is 4.74 Å². The van der Waals surface area contributed by atoms with Gasteiger partial charge in [-0.05, 0) is 49.6 Å². The molecule has 1 aromatic rings. The van der Waals surface area contributed by atoms with Gasteiger partial charge in [-0.25, -0.2) is 0 Å². The first-order valence-electron chi connectivity index (χ1n) is 7.12. The number of hydrogen-bond acceptors (Lipinski definition) is 3. The number of aryl methyl sites for hydroxylation is 3. The van der Waals surface area contributed by atoms with Gasteiger partial charge in [-0.2, -0.15) is 0 Å². The third kappa shape index (κ3) is 3.16. The molecule has 0 bridgehead atoms. The molecule has 0 saturated carbocycles. The van der Waals surface area contributed by atoms with Gasteiger partial charge in [-0.3, -0.25) is 4.90 Å². The minimum absolute atomic E-state index is 0.116. The molecule has 0 aliphatic carbocycles. The maximum Gasteiger partial charge on any atom is 0.107 e. The molecule has 1 N–H and O–H groups in total. The predicted molar refractivity (Wildman–Crippen MR) is 77.5 cm³/mol. The van der Waals surface area contributed by atoms with E-state index in [1.807, 2.05) is 0 Å². The molecule has 1 heterocycles. The zero-order chi connectivity index (χ0) is 14.0. The number of aliphatic hydroxyl groups is 1. The molecule has 1 saturated heterocycles. The average Bonchev–Trinajstić information content (AvgIpc) is 2.42. The van der Waals surface area contributed by atoms with Gasteiger partial charge in [0.05, 0.1) is 6.61 Å². The summed E-state index contributed by atoms with van der Waals surface area (Å²) >= 11 is 0. The summed E-state index contributed by atoms with van der Waals surface area (Å²) in [6, 6.07) is 4.25. The third-order valence-corrected chi connectivity index (χ3v) is 4.18. The zero-order valence-electron chi connectivity index (χ0n) is 12.4. The Balaban J connectivity index is 2.19. The first-order chi connectivity index (χ1) is 9.02. The van der Waals surface area contributed by atoms with Crippen LogP contribution >= 0.6 is 0 Å². The average molecular weight is 263 g/mol. The zero-order valence-corrected chi connectivity index (χ0v) is 12.4. The van der Waals surface area contributed by atoms with Crippen LogP contribution in [0.1, 0.15) is 35.3 Å². The second-order valence-corrected chi connectivity index (χ2v) is 5.54. The Morgan fingerprint density at radius 1 is 1.26 bits per heavy atom. The predicted octanol–water partition coefficient (Wildman–Crippen LogP) is 2.37. The third-order valence-electron chi connectivity index (χ3n) is 4.18. The summed E-state index contributed by atoms with van der Waals surface area (Å²) < 4.78 is 5.76. The van der Waals surface area contributed by atoms with Crippen LogP contribution in [-0.4, -0.2) is 42.4 Å². The Morgan fingerprint density at radius 3 is 2.63 bits per heavy atom. The molecule has 1 fully saturated rings. The van der Waals surface area contributed by atoms with Crippen molar-refractivity contribution in [2.75, 3.05) is 26.2 Å². The number of morpholine rings is 1. The Kier molecular flexibility index (Phi) is 4.61. The van der Waals surface area contributed by atoms with Gasteiger partial charge < -0.3 is 9.84 Å². The molecule has 2 unspecified atom stereocenters. The van der Waals surface area contributed by atoms with Crippen molar-refractivity contribution in [3.8, 4) is 0 Å². The van der Waals surface area contributed by atoms with Gasteiger partial charge in [0.2, 0.25) is 0 Å². The molecular weight excluding hydrogens is 238 g/mol. The second-order valence-electron chi connectivity index (χ2n) is 5.54. The monoisotopic (exact) mass is 263 g/mol. The minimum atomic E-state index is -0.534. The van der Waals surface area contributed by atoms with Gasteiger partial charge >= 0.3 is 0 Å². The summed E-state index contributed by atoms with van der Waals surface area (Å²) in [4.78, 5) is 2.33. The van der Waals surface area contributed by atoms with Crippen molar-refractivity contribution in [3.05, 3.63) is 34.4 Å². The molecule has 1 aromatic carbocycles. The van der Waals surface area contributed by atoms with E-state index < -0.39 is 6.10 Å². The standard InChI is InChI=1S/C16H25NO2/c1-5-17-6-7-19-15(10-17)16(18)14-9-12(3)11(2)8-13(14)4/h8-9,15-16,18H,5-7,10H2,1-4H3. The summed E-state index contributed by atoms with van der Waals surface area (Å²) in [5.74, 6) is 0. The number of rotatable bonds is 3. The highest BCUT2D eigenvalue weighted by atomic mass is 16.5. The molecule has 0 spiro atoms. The van der Waals surface area contributed by atoms with Crippen LogP contribution in [0.2, 0.25) is 0 Å². The van der Waals surface area contributed by atoms with E-state index in [1.54, 1.807) is 0 Å². The molecule has 0 amide bonds. The lowest BCUT2D eigenvalue weighted by Gasteiger charge is -2.35. The van der Waals surface area contributed by atoms with Crippen molar-refractivity contribution in [3.63, 3.8) is 0 Å². The van der Waals surface area contributed by atoms with Crippen molar-refractivity contribution in [2.24, 2.45) is 0 Å². The number of aliphatic hydroxyl groups excluding tert-OH is 1.